The number of hydrogen-bond donors (Lipinski definition) is 1. The van der Waals surface area contributed by atoms with Gasteiger partial charge in [-0.1, -0.05) is 17.7 Å². The first kappa shape index (κ1) is 14.8. The molecular weight excluding hydrogens is 304 g/mol. The van der Waals surface area contributed by atoms with Crippen LogP contribution in [-0.2, 0) is 13.2 Å². The predicted molar refractivity (Wildman–Crippen MR) is 87.2 cm³/mol. The molecule has 1 aromatic carbocycles. The zero-order chi connectivity index (χ0) is 14.8. The van der Waals surface area contributed by atoms with E-state index in [0.717, 1.165) is 23.0 Å². The summed E-state index contributed by atoms with van der Waals surface area (Å²) in [5.41, 5.74) is 2.27. The standard InChI is InChI=1S/C16H19ClN2OS/c1-10-11(2)21-16(19-10)9-20-15-6-3-12(7-14(15)17)8-18-13-4-5-13/h3,6-7,13,18H,4-5,8-9H2,1-2H3. The third kappa shape index (κ3) is 3.96. The average molecular weight is 323 g/mol. The Morgan fingerprint density at radius 1 is 1.38 bits per heavy atom. The number of nitrogens with zero attached hydrogens (tertiary/aromatic N) is 1. The van der Waals surface area contributed by atoms with Crippen molar-refractivity contribution in [2.75, 3.05) is 0 Å². The van der Waals surface area contributed by atoms with Gasteiger partial charge in [0.05, 0.1) is 10.7 Å². The number of benzene rings is 1. The van der Waals surface area contributed by atoms with Gasteiger partial charge in [0.15, 0.2) is 0 Å². The first-order chi connectivity index (χ1) is 10.1. The van der Waals surface area contributed by atoms with Crippen molar-refractivity contribution >= 4 is 22.9 Å². The van der Waals surface area contributed by atoms with E-state index in [1.165, 1.54) is 23.3 Å². The molecule has 0 bridgehead atoms. The van der Waals surface area contributed by atoms with Crippen LogP contribution in [0.1, 0.15) is 34.0 Å². The van der Waals surface area contributed by atoms with Crippen molar-refractivity contribution in [2.45, 2.75) is 45.9 Å². The predicted octanol–water partition coefficient (Wildman–Crippen LogP) is 4.24. The Labute approximate surface area is 134 Å². The summed E-state index contributed by atoms with van der Waals surface area (Å²) in [4.78, 5) is 5.71. The second-order valence-electron chi connectivity index (χ2n) is 5.46. The molecule has 2 aromatic rings. The van der Waals surface area contributed by atoms with Gasteiger partial charge in [0.25, 0.3) is 0 Å². The van der Waals surface area contributed by atoms with E-state index in [9.17, 15) is 0 Å². The molecular formula is C16H19ClN2OS. The lowest BCUT2D eigenvalue weighted by Gasteiger charge is -2.09. The molecule has 0 saturated heterocycles. The van der Waals surface area contributed by atoms with Crippen molar-refractivity contribution in [1.29, 1.82) is 0 Å². The zero-order valence-corrected chi connectivity index (χ0v) is 13.9. The summed E-state index contributed by atoms with van der Waals surface area (Å²) in [5.74, 6) is 0.720. The summed E-state index contributed by atoms with van der Waals surface area (Å²) in [6.07, 6.45) is 2.59. The highest BCUT2D eigenvalue weighted by Crippen LogP contribution is 2.28. The van der Waals surface area contributed by atoms with Crippen LogP contribution in [0.15, 0.2) is 18.2 Å². The number of nitrogens with one attached hydrogen (secondary N) is 1. The van der Waals surface area contributed by atoms with Crippen LogP contribution in [0.5, 0.6) is 5.75 Å². The maximum atomic E-state index is 6.29. The number of hydrogen-bond acceptors (Lipinski definition) is 4. The van der Waals surface area contributed by atoms with E-state index >= 15 is 0 Å². The second-order valence-corrected chi connectivity index (χ2v) is 7.15. The summed E-state index contributed by atoms with van der Waals surface area (Å²) in [6.45, 7) is 5.43. The zero-order valence-electron chi connectivity index (χ0n) is 12.3. The minimum Gasteiger partial charge on any atom is -0.485 e. The fourth-order valence-corrected chi connectivity index (χ4v) is 3.17. The highest BCUT2D eigenvalue weighted by molar-refractivity contribution is 7.11. The number of halogens is 1. The molecule has 1 fully saturated rings. The van der Waals surface area contributed by atoms with Gasteiger partial charge in [-0.3, -0.25) is 0 Å². The van der Waals surface area contributed by atoms with Crippen LogP contribution < -0.4 is 10.1 Å². The number of thiazole rings is 1. The summed E-state index contributed by atoms with van der Waals surface area (Å²) < 4.78 is 5.78. The van der Waals surface area contributed by atoms with Crippen molar-refractivity contribution in [1.82, 2.24) is 10.3 Å². The molecule has 1 aromatic heterocycles. The molecule has 0 atom stereocenters. The van der Waals surface area contributed by atoms with E-state index in [4.69, 9.17) is 16.3 Å². The van der Waals surface area contributed by atoms with Crippen molar-refractivity contribution in [3.63, 3.8) is 0 Å². The lowest BCUT2D eigenvalue weighted by atomic mass is 10.2. The van der Waals surface area contributed by atoms with Gasteiger partial charge in [0.1, 0.15) is 17.4 Å². The van der Waals surface area contributed by atoms with E-state index in [1.807, 2.05) is 19.1 Å². The quantitative estimate of drug-likeness (QED) is 0.863. The van der Waals surface area contributed by atoms with Crippen LogP contribution in [0, 0.1) is 13.8 Å². The van der Waals surface area contributed by atoms with Gasteiger partial charge >= 0.3 is 0 Å². The molecule has 0 amide bonds. The number of rotatable bonds is 6. The highest BCUT2D eigenvalue weighted by Gasteiger charge is 2.20. The van der Waals surface area contributed by atoms with Crippen molar-refractivity contribution in [3.8, 4) is 5.75 Å². The van der Waals surface area contributed by atoms with Crippen LogP contribution in [0.4, 0.5) is 0 Å². The minimum absolute atomic E-state index is 0.471. The van der Waals surface area contributed by atoms with E-state index in [1.54, 1.807) is 11.3 Å². The first-order valence-electron chi connectivity index (χ1n) is 7.19. The van der Waals surface area contributed by atoms with E-state index in [-0.39, 0.29) is 0 Å². The molecule has 5 heteroatoms. The Kier molecular flexibility index (Phi) is 4.48. The van der Waals surface area contributed by atoms with Crippen LogP contribution >= 0.6 is 22.9 Å². The van der Waals surface area contributed by atoms with Gasteiger partial charge in [-0.15, -0.1) is 11.3 Å². The van der Waals surface area contributed by atoms with Gasteiger partial charge in [-0.05, 0) is 44.4 Å². The number of aryl methyl sites for hydroxylation is 2. The number of ether oxygens (including phenoxy) is 1. The first-order valence-corrected chi connectivity index (χ1v) is 8.39. The summed E-state index contributed by atoms with van der Waals surface area (Å²) in [5, 5.41) is 5.13. The lowest BCUT2D eigenvalue weighted by molar-refractivity contribution is 0.305. The van der Waals surface area contributed by atoms with Gasteiger partial charge in [0, 0.05) is 17.5 Å². The molecule has 1 heterocycles. The number of aromatic nitrogens is 1. The molecule has 1 N–H and O–H groups in total. The van der Waals surface area contributed by atoms with Crippen molar-refractivity contribution < 1.29 is 4.74 Å². The summed E-state index contributed by atoms with van der Waals surface area (Å²) in [6, 6.07) is 6.69. The van der Waals surface area contributed by atoms with Crippen molar-refractivity contribution in [2.24, 2.45) is 0 Å². The van der Waals surface area contributed by atoms with E-state index < -0.39 is 0 Å². The average Bonchev–Trinajstić information content (AvgIpc) is 3.22. The van der Waals surface area contributed by atoms with Gasteiger partial charge < -0.3 is 10.1 Å². The maximum absolute atomic E-state index is 6.29. The van der Waals surface area contributed by atoms with Gasteiger partial charge in [0.2, 0.25) is 0 Å². The van der Waals surface area contributed by atoms with E-state index in [0.29, 0.717) is 17.7 Å². The van der Waals surface area contributed by atoms with Crippen molar-refractivity contribution in [3.05, 3.63) is 44.4 Å². The Morgan fingerprint density at radius 3 is 2.81 bits per heavy atom. The summed E-state index contributed by atoms with van der Waals surface area (Å²) >= 11 is 7.96. The normalized spacial score (nSPS) is 14.4. The Hall–Kier alpha value is -1.10. The van der Waals surface area contributed by atoms with Crippen LogP contribution in [0.25, 0.3) is 0 Å². The molecule has 3 rings (SSSR count). The Bertz CT molecular complexity index is 618. The Morgan fingerprint density at radius 2 is 2.19 bits per heavy atom. The molecule has 21 heavy (non-hydrogen) atoms. The van der Waals surface area contributed by atoms with Gasteiger partial charge in [-0.25, -0.2) is 4.98 Å². The molecule has 1 aliphatic carbocycles. The third-order valence-corrected chi connectivity index (χ3v) is 4.93. The summed E-state index contributed by atoms with van der Waals surface area (Å²) in [7, 11) is 0. The Balaban J connectivity index is 1.59. The molecule has 0 spiro atoms. The maximum Gasteiger partial charge on any atom is 0.140 e. The minimum atomic E-state index is 0.471. The van der Waals surface area contributed by atoms with Crippen LogP contribution in [0.2, 0.25) is 5.02 Å². The largest absolute Gasteiger partial charge is 0.485 e. The molecule has 112 valence electrons. The van der Waals surface area contributed by atoms with Crippen LogP contribution in [-0.4, -0.2) is 11.0 Å². The molecule has 3 nitrogen and oxygen atoms in total. The monoisotopic (exact) mass is 322 g/mol. The SMILES string of the molecule is Cc1nc(COc2ccc(CNC3CC3)cc2Cl)sc1C. The highest BCUT2D eigenvalue weighted by atomic mass is 35.5. The smallest absolute Gasteiger partial charge is 0.140 e. The van der Waals surface area contributed by atoms with E-state index in [2.05, 4.69) is 23.3 Å². The van der Waals surface area contributed by atoms with Gasteiger partial charge in [-0.2, -0.15) is 0 Å². The molecule has 1 saturated carbocycles. The molecule has 0 radical (unpaired) electrons. The topological polar surface area (TPSA) is 34.1 Å². The molecule has 0 unspecified atom stereocenters. The van der Waals surface area contributed by atoms with Crippen LogP contribution in [0.3, 0.4) is 0 Å². The molecule has 1 aliphatic rings. The molecule has 0 aliphatic heterocycles. The lowest BCUT2D eigenvalue weighted by Crippen LogP contribution is -2.15. The third-order valence-electron chi connectivity index (χ3n) is 3.59. The fraction of sp³-hybridized carbons (Fsp3) is 0.438. The fourth-order valence-electron chi connectivity index (χ4n) is 2.06. The second kappa shape index (κ2) is 6.34.